The number of hydrogen-bond acceptors (Lipinski definition) is 10. The Morgan fingerprint density at radius 1 is 0.400 bits per heavy atom. The number of unbranched alkanes of at least 4 members (excludes halogenated alkanes) is 10. The van der Waals surface area contributed by atoms with Gasteiger partial charge in [0, 0.05) is 40.5 Å². The number of carbonyl (C=O) groups excluding carboxylic acids is 4. The number of carbonyl (C=O) groups is 4. The molecule has 70 heavy (non-hydrogen) atoms. The Labute approximate surface area is 427 Å². The molecule has 0 fully saturated rings. The molecule has 0 radical (unpaired) electrons. The van der Waals surface area contributed by atoms with Crippen molar-refractivity contribution in [2.45, 2.75) is 143 Å². The summed E-state index contributed by atoms with van der Waals surface area (Å²) < 4.78 is 21.1. The van der Waals surface area contributed by atoms with Gasteiger partial charge < -0.3 is 18.9 Å². The van der Waals surface area contributed by atoms with Crippen LogP contribution >= 0.6 is 23.5 Å². The minimum Gasteiger partial charge on any atom is -0.426 e. The third-order valence-electron chi connectivity index (χ3n) is 10.5. The maximum atomic E-state index is 11.2. The minimum absolute atomic E-state index is 0.270. The lowest BCUT2D eigenvalue weighted by atomic mass is 10.1. The Bertz CT molecular complexity index is 2200. The Morgan fingerprint density at radius 3 is 1.01 bits per heavy atom. The SMILES string of the molecule is CC(=O)Oc1ccccc1CCCCC#CCSCC#CCCCCc1ccccc1OC(C)=O.CC(=O)Oc1ccccc1CCCCC/C=C/S/C=C/CCCCCc1ccccc1OC(C)=O. The third-order valence-corrected chi connectivity index (χ3v) is 11.9. The summed E-state index contributed by atoms with van der Waals surface area (Å²) in [5.74, 6) is 16.1. The third kappa shape index (κ3) is 28.5. The zero-order valence-corrected chi connectivity index (χ0v) is 43.4. The fourth-order valence-electron chi connectivity index (χ4n) is 7.15. The molecule has 372 valence electrons. The van der Waals surface area contributed by atoms with Gasteiger partial charge in [-0.25, -0.2) is 0 Å². The summed E-state index contributed by atoms with van der Waals surface area (Å²) in [4.78, 5) is 44.8. The van der Waals surface area contributed by atoms with E-state index in [1.54, 1.807) is 23.5 Å². The molecule has 0 heterocycles. The second-order valence-electron chi connectivity index (χ2n) is 16.5. The van der Waals surface area contributed by atoms with Gasteiger partial charge in [-0.05, 0) is 147 Å². The van der Waals surface area contributed by atoms with Gasteiger partial charge in [-0.2, -0.15) is 0 Å². The summed E-state index contributed by atoms with van der Waals surface area (Å²) in [6.07, 6.45) is 22.9. The number of para-hydroxylation sites is 4. The number of esters is 4. The highest BCUT2D eigenvalue weighted by molar-refractivity contribution is 8.04. The monoisotopic (exact) mass is 984 g/mol. The Balaban J connectivity index is 0.000000370. The van der Waals surface area contributed by atoms with Crippen LogP contribution < -0.4 is 18.9 Å². The number of allylic oxidation sites excluding steroid dienone is 2. The van der Waals surface area contributed by atoms with Crippen molar-refractivity contribution in [2.24, 2.45) is 0 Å². The molecule has 0 amide bonds. The van der Waals surface area contributed by atoms with Crippen LogP contribution in [0.5, 0.6) is 23.0 Å². The first-order valence-electron chi connectivity index (χ1n) is 24.6. The molecule has 0 bridgehead atoms. The van der Waals surface area contributed by atoms with E-state index in [-0.39, 0.29) is 23.9 Å². The van der Waals surface area contributed by atoms with Crippen molar-refractivity contribution in [3.63, 3.8) is 0 Å². The van der Waals surface area contributed by atoms with Crippen molar-refractivity contribution >= 4 is 47.4 Å². The predicted molar refractivity (Wildman–Crippen MR) is 289 cm³/mol. The van der Waals surface area contributed by atoms with E-state index < -0.39 is 0 Å². The van der Waals surface area contributed by atoms with Gasteiger partial charge in [-0.1, -0.05) is 110 Å². The zero-order valence-electron chi connectivity index (χ0n) is 41.8. The van der Waals surface area contributed by atoms with E-state index in [9.17, 15) is 19.2 Å². The number of thioether (sulfide) groups is 2. The number of rotatable bonds is 28. The first kappa shape index (κ1) is 58.4. The number of hydrogen-bond donors (Lipinski definition) is 0. The summed E-state index contributed by atoms with van der Waals surface area (Å²) >= 11 is 3.48. The normalized spacial score (nSPS) is 10.6. The second-order valence-corrected chi connectivity index (χ2v) is 18.3. The van der Waals surface area contributed by atoms with Gasteiger partial charge in [-0.15, -0.1) is 35.4 Å². The van der Waals surface area contributed by atoms with E-state index in [1.165, 1.54) is 27.7 Å². The van der Waals surface area contributed by atoms with Gasteiger partial charge in [0.1, 0.15) is 23.0 Å². The molecule has 0 aliphatic heterocycles. The van der Waals surface area contributed by atoms with Gasteiger partial charge >= 0.3 is 23.9 Å². The van der Waals surface area contributed by atoms with Crippen LogP contribution in [0.15, 0.2) is 120 Å². The standard InChI is InChI=1S/C30H38O4S.C30H34O4S/c2*1-25(31)33-29-21-13-11-19-27(29)17-9-5-3-7-15-23-35-24-16-8-4-6-10-18-28-20-12-14-22-30(28)34-26(2)32/h11-16,19-24H,3-10,17-18H2,1-2H3;11-14,19-22H,3-6,9-10,17-18,23-24H2,1-2H3/b23-15+,24-16+;. The molecule has 10 heteroatoms. The molecule has 0 spiro atoms. The van der Waals surface area contributed by atoms with E-state index >= 15 is 0 Å². The lowest BCUT2D eigenvalue weighted by Crippen LogP contribution is -2.03. The fourth-order valence-corrected chi connectivity index (χ4v) is 8.25. The van der Waals surface area contributed by atoms with E-state index in [2.05, 4.69) is 46.6 Å². The molecule has 0 atom stereocenters. The summed E-state index contributed by atoms with van der Waals surface area (Å²) in [6.45, 7) is 5.73. The smallest absolute Gasteiger partial charge is 0.308 e. The highest BCUT2D eigenvalue weighted by Gasteiger charge is 2.08. The van der Waals surface area contributed by atoms with E-state index in [4.69, 9.17) is 18.9 Å². The number of ether oxygens (including phenoxy) is 4. The van der Waals surface area contributed by atoms with E-state index in [0.717, 1.165) is 149 Å². The van der Waals surface area contributed by atoms with E-state index in [1.807, 2.05) is 97.1 Å². The van der Waals surface area contributed by atoms with Gasteiger partial charge in [0.15, 0.2) is 0 Å². The molecule has 8 nitrogen and oxygen atoms in total. The maximum Gasteiger partial charge on any atom is 0.308 e. The van der Waals surface area contributed by atoms with Crippen molar-refractivity contribution in [1.29, 1.82) is 0 Å². The maximum absolute atomic E-state index is 11.2. The Kier molecular flexibility index (Phi) is 31.6. The van der Waals surface area contributed by atoms with Crippen LogP contribution in [-0.2, 0) is 44.9 Å². The molecule has 0 aliphatic carbocycles. The average molecular weight is 985 g/mol. The van der Waals surface area contributed by atoms with Crippen molar-refractivity contribution in [2.75, 3.05) is 11.5 Å². The van der Waals surface area contributed by atoms with Crippen LogP contribution in [0.2, 0.25) is 0 Å². The van der Waals surface area contributed by atoms with Crippen molar-refractivity contribution in [3.8, 4) is 46.7 Å². The van der Waals surface area contributed by atoms with Crippen LogP contribution in [0.25, 0.3) is 0 Å². The predicted octanol–water partition coefficient (Wildman–Crippen LogP) is 14.6. The lowest BCUT2D eigenvalue weighted by molar-refractivity contribution is -0.132. The van der Waals surface area contributed by atoms with Gasteiger partial charge in [0.05, 0.1) is 11.5 Å². The van der Waals surface area contributed by atoms with Crippen LogP contribution in [0.4, 0.5) is 0 Å². The average Bonchev–Trinajstić information content (AvgIpc) is 3.33. The number of aryl methyl sites for hydroxylation is 4. The molecule has 4 rings (SSSR count). The quantitative estimate of drug-likeness (QED) is 0.0236. The summed E-state index contributed by atoms with van der Waals surface area (Å²) in [6, 6.07) is 30.9. The molecule has 4 aromatic carbocycles. The van der Waals surface area contributed by atoms with Gasteiger partial charge in [0.2, 0.25) is 0 Å². The van der Waals surface area contributed by atoms with E-state index in [0.29, 0.717) is 23.0 Å². The van der Waals surface area contributed by atoms with Gasteiger partial charge in [0.25, 0.3) is 0 Å². The molecular formula is C60H72O8S2. The molecule has 0 saturated heterocycles. The first-order chi connectivity index (χ1) is 34.1. The van der Waals surface area contributed by atoms with Crippen molar-refractivity contribution in [1.82, 2.24) is 0 Å². The van der Waals surface area contributed by atoms with Crippen LogP contribution in [0.1, 0.15) is 140 Å². The summed E-state index contributed by atoms with van der Waals surface area (Å²) in [5.41, 5.74) is 4.34. The van der Waals surface area contributed by atoms with Crippen molar-refractivity contribution < 1.29 is 38.1 Å². The molecule has 0 saturated carbocycles. The Hall–Kier alpha value is -5.94. The fraction of sp³-hybridized carbons (Fsp3) is 0.400. The largest absolute Gasteiger partial charge is 0.426 e. The molecule has 4 aromatic rings. The summed E-state index contributed by atoms with van der Waals surface area (Å²) in [5, 5.41) is 4.33. The molecular weight excluding hydrogens is 913 g/mol. The molecule has 0 N–H and O–H groups in total. The molecule has 0 aliphatic rings. The minimum atomic E-state index is -0.287. The van der Waals surface area contributed by atoms with Crippen molar-refractivity contribution in [3.05, 3.63) is 142 Å². The highest BCUT2D eigenvalue weighted by atomic mass is 32.2. The number of benzene rings is 4. The second kappa shape index (κ2) is 37.9. The highest BCUT2D eigenvalue weighted by Crippen LogP contribution is 2.24. The zero-order chi connectivity index (χ0) is 50.3. The van der Waals surface area contributed by atoms with Crippen LogP contribution in [0.3, 0.4) is 0 Å². The Morgan fingerprint density at radius 2 is 0.700 bits per heavy atom. The lowest BCUT2D eigenvalue weighted by Gasteiger charge is -2.08. The van der Waals surface area contributed by atoms with Crippen LogP contribution in [0, 0.1) is 23.7 Å². The molecule has 0 unspecified atom stereocenters. The molecule has 0 aromatic heterocycles. The topological polar surface area (TPSA) is 105 Å². The van der Waals surface area contributed by atoms with Gasteiger partial charge in [-0.3, -0.25) is 19.2 Å². The summed E-state index contributed by atoms with van der Waals surface area (Å²) in [7, 11) is 0. The van der Waals surface area contributed by atoms with Crippen LogP contribution in [-0.4, -0.2) is 35.4 Å². The first-order valence-corrected chi connectivity index (χ1v) is 26.7.